The minimum atomic E-state index is -1.01. The Morgan fingerprint density at radius 1 is 0.968 bits per heavy atom. The van der Waals surface area contributed by atoms with Crippen LogP contribution in [0.3, 0.4) is 0 Å². The number of hydrogen-bond donors (Lipinski definition) is 1. The van der Waals surface area contributed by atoms with Crippen molar-refractivity contribution in [3.8, 4) is 11.5 Å². The van der Waals surface area contributed by atoms with Gasteiger partial charge in [-0.05, 0) is 64.4 Å². The third-order valence-electron chi connectivity index (χ3n) is 4.55. The van der Waals surface area contributed by atoms with Crippen LogP contribution in [0.25, 0.3) is 0 Å². The van der Waals surface area contributed by atoms with E-state index in [0.717, 1.165) is 5.75 Å². The molecule has 0 amide bonds. The summed E-state index contributed by atoms with van der Waals surface area (Å²) in [6.07, 6.45) is -1.02. The molecule has 8 nitrogen and oxygen atoms in total. The Labute approximate surface area is 181 Å². The van der Waals surface area contributed by atoms with Crippen LogP contribution in [-0.4, -0.2) is 48.6 Å². The fourth-order valence-corrected chi connectivity index (χ4v) is 3.07. The molecule has 8 heteroatoms. The predicted molar refractivity (Wildman–Crippen MR) is 114 cm³/mol. The molecule has 1 aromatic carbocycles. The van der Waals surface area contributed by atoms with Crippen LogP contribution in [0, 0.1) is 13.8 Å². The highest BCUT2D eigenvalue weighted by Gasteiger charge is 2.27. The summed E-state index contributed by atoms with van der Waals surface area (Å²) in [6, 6.07) is 7.06. The number of hydrogen-bond acceptors (Lipinski definition) is 7. The number of esters is 2. The second kappa shape index (κ2) is 11.2. The average Bonchev–Trinajstić information content (AvgIpc) is 3.03. The number of ether oxygens (including phenoxy) is 4. The van der Waals surface area contributed by atoms with Gasteiger partial charge in [0, 0.05) is 5.69 Å². The van der Waals surface area contributed by atoms with E-state index in [1.807, 2.05) is 6.92 Å². The standard InChI is InChI=1S/C23H29NO7/c1-6-28-17-8-10-18(11-9-17)30-13-12-19(25)31-16(5)22(26)21-14(3)20(15(4)24-21)23(27)29-7-2/h8-11,16,24H,6-7,12-13H2,1-5H3/t16-/m0/s1. The number of Topliss-reactive ketones (excluding diaryl/α,β-unsaturated/α-hetero) is 1. The molecular weight excluding hydrogens is 402 g/mol. The van der Waals surface area contributed by atoms with Crippen molar-refractivity contribution in [2.75, 3.05) is 19.8 Å². The molecular formula is C23H29NO7. The second-order valence-electron chi connectivity index (χ2n) is 6.84. The van der Waals surface area contributed by atoms with Gasteiger partial charge in [0.15, 0.2) is 6.10 Å². The number of carbonyl (C=O) groups is 3. The number of aromatic nitrogens is 1. The molecule has 0 fully saturated rings. The molecule has 2 aromatic rings. The summed E-state index contributed by atoms with van der Waals surface area (Å²) in [7, 11) is 0. The highest BCUT2D eigenvalue weighted by Crippen LogP contribution is 2.21. The summed E-state index contributed by atoms with van der Waals surface area (Å²) in [6.45, 7) is 9.37. The fraction of sp³-hybridized carbons (Fsp3) is 0.435. The van der Waals surface area contributed by atoms with Crippen molar-refractivity contribution < 1.29 is 33.3 Å². The molecule has 0 saturated heterocycles. The molecule has 1 N–H and O–H groups in total. The Balaban J connectivity index is 1.89. The quantitative estimate of drug-likeness (QED) is 0.426. The van der Waals surface area contributed by atoms with Crippen molar-refractivity contribution in [3.05, 3.63) is 46.8 Å². The minimum absolute atomic E-state index is 0.0123. The molecule has 0 aliphatic rings. The maximum absolute atomic E-state index is 12.7. The maximum Gasteiger partial charge on any atom is 0.340 e. The maximum atomic E-state index is 12.7. The van der Waals surface area contributed by atoms with Gasteiger partial charge in [-0.1, -0.05) is 0 Å². The number of ketones is 1. The van der Waals surface area contributed by atoms with Crippen molar-refractivity contribution in [2.24, 2.45) is 0 Å². The van der Waals surface area contributed by atoms with Crippen LogP contribution in [-0.2, 0) is 14.3 Å². The van der Waals surface area contributed by atoms with Crippen molar-refractivity contribution >= 4 is 17.7 Å². The summed E-state index contributed by atoms with van der Waals surface area (Å²) < 4.78 is 21.2. The number of aromatic amines is 1. The number of aryl methyl sites for hydroxylation is 1. The van der Waals surface area contributed by atoms with Gasteiger partial charge in [-0.2, -0.15) is 0 Å². The Morgan fingerprint density at radius 2 is 1.58 bits per heavy atom. The van der Waals surface area contributed by atoms with E-state index in [9.17, 15) is 14.4 Å². The van der Waals surface area contributed by atoms with E-state index < -0.39 is 23.8 Å². The molecule has 1 atom stereocenters. The van der Waals surface area contributed by atoms with E-state index in [2.05, 4.69) is 4.98 Å². The number of nitrogens with one attached hydrogen (secondary N) is 1. The van der Waals surface area contributed by atoms with Gasteiger partial charge >= 0.3 is 11.9 Å². The highest BCUT2D eigenvalue weighted by atomic mass is 16.6. The first-order valence-electron chi connectivity index (χ1n) is 10.2. The summed E-state index contributed by atoms with van der Waals surface area (Å²) in [5.41, 5.74) is 1.56. The zero-order valence-electron chi connectivity index (χ0n) is 18.6. The van der Waals surface area contributed by atoms with Crippen LogP contribution >= 0.6 is 0 Å². The predicted octanol–water partition coefficient (Wildman–Crippen LogP) is 3.79. The number of carbonyl (C=O) groups excluding carboxylic acids is 3. The summed E-state index contributed by atoms with van der Waals surface area (Å²) in [4.78, 5) is 39.8. The molecule has 168 valence electrons. The van der Waals surface area contributed by atoms with Crippen molar-refractivity contribution in [1.82, 2.24) is 4.98 Å². The third-order valence-corrected chi connectivity index (χ3v) is 4.55. The Bertz CT molecular complexity index is 915. The van der Waals surface area contributed by atoms with Gasteiger partial charge in [-0.25, -0.2) is 4.79 Å². The van der Waals surface area contributed by atoms with Gasteiger partial charge in [0.2, 0.25) is 5.78 Å². The van der Waals surface area contributed by atoms with Gasteiger partial charge in [-0.15, -0.1) is 0 Å². The zero-order valence-corrected chi connectivity index (χ0v) is 18.6. The van der Waals surface area contributed by atoms with Gasteiger partial charge < -0.3 is 23.9 Å². The second-order valence-corrected chi connectivity index (χ2v) is 6.84. The normalized spacial score (nSPS) is 11.5. The van der Waals surface area contributed by atoms with Crippen LogP contribution in [0.5, 0.6) is 11.5 Å². The Hall–Kier alpha value is -3.29. The lowest BCUT2D eigenvalue weighted by molar-refractivity contribution is -0.146. The van der Waals surface area contributed by atoms with E-state index in [-0.39, 0.29) is 25.3 Å². The summed E-state index contributed by atoms with van der Waals surface area (Å²) in [5, 5.41) is 0. The third kappa shape index (κ3) is 6.34. The zero-order chi connectivity index (χ0) is 23.0. The average molecular weight is 431 g/mol. The SMILES string of the molecule is CCOC(=O)c1c(C)[nH]c(C(=O)[C@H](C)OC(=O)CCOc2ccc(OCC)cc2)c1C. The van der Waals surface area contributed by atoms with Crippen LogP contribution in [0.1, 0.15) is 59.3 Å². The lowest BCUT2D eigenvalue weighted by atomic mass is 10.1. The van der Waals surface area contributed by atoms with Crippen LogP contribution in [0.4, 0.5) is 0 Å². The number of H-pyrrole nitrogens is 1. The summed E-state index contributed by atoms with van der Waals surface area (Å²) in [5.74, 6) is -0.133. The first-order chi connectivity index (χ1) is 14.8. The van der Waals surface area contributed by atoms with Crippen molar-refractivity contribution in [2.45, 2.75) is 47.1 Å². The first kappa shape index (κ1) is 24.0. The van der Waals surface area contributed by atoms with Gasteiger partial charge in [0.1, 0.15) is 11.5 Å². The molecule has 0 unspecified atom stereocenters. The van der Waals surface area contributed by atoms with Crippen LogP contribution in [0.15, 0.2) is 24.3 Å². The molecule has 0 radical (unpaired) electrons. The molecule has 0 saturated carbocycles. The minimum Gasteiger partial charge on any atom is -0.494 e. The van der Waals surface area contributed by atoms with Gasteiger partial charge in [0.25, 0.3) is 0 Å². The smallest absolute Gasteiger partial charge is 0.340 e. The first-order valence-corrected chi connectivity index (χ1v) is 10.2. The molecule has 0 aliphatic carbocycles. The number of rotatable bonds is 11. The monoisotopic (exact) mass is 431 g/mol. The van der Waals surface area contributed by atoms with E-state index in [4.69, 9.17) is 18.9 Å². The molecule has 31 heavy (non-hydrogen) atoms. The molecule has 0 bridgehead atoms. The Morgan fingerprint density at radius 3 is 2.16 bits per heavy atom. The van der Waals surface area contributed by atoms with Crippen molar-refractivity contribution in [3.63, 3.8) is 0 Å². The van der Waals surface area contributed by atoms with E-state index in [0.29, 0.717) is 29.2 Å². The van der Waals surface area contributed by atoms with Crippen LogP contribution < -0.4 is 9.47 Å². The molecule has 0 spiro atoms. The lowest BCUT2D eigenvalue weighted by Crippen LogP contribution is -2.26. The fourth-order valence-electron chi connectivity index (χ4n) is 3.07. The molecule has 1 aromatic heterocycles. The molecule has 2 rings (SSSR count). The Kier molecular flexibility index (Phi) is 8.66. The lowest BCUT2D eigenvalue weighted by Gasteiger charge is -2.13. The number of benzene rings is 1. The topological polar surface area (TPSA) is 104 Å². The van der Waals surface area contributed by atoms with Crippen molar-refractivity contribution in [1.29, 1.82) is 0 Å². The van der Waals surface area contributed by atoms with E-state index in [1.54, 1.807) is 45.0 Å². The van der Waals surface area contributed by atoms with Crippen LogP contribution in [0.2, 0.25) is 0 Å². The summed E-state index contributed by atoms with van der Waals surface area (Å²) >= 11 is 0. The largest absolute Gasteiger partial charge is 0.494 e. The van der Waals surface area contributed by atoms with Gasteiger partial charge in [-0.3, -0.25) is 9.59 Å². The molecule has 0 aliphatic heterocycles. The molecule has 1 heterocycles. The highest BCUT2D eigenvalue weighted by molar-refractivity contribution is 6.03. The van der Waals surface area contributed by atoms with E-state index >= 15 is 0 Å². The van der Waals surface area contributed by atoms with E-state index in [1.165, 1.54) is 6.92 Å². The van der Waals surface area contributed by atoms with Gasteiger partial charge in [0.05, 0.1) is 37.5 Å².